The van der Waals surface area contributed by atoms with Crippen molar-refractivity contribution in [1.29, 1.82) is 0 Å². The van der Waals surface area contributed by atoms with Crippen LogP contribution in [0.2, 0.25) is 10.0 Å². The van der Waals surface area contributed by atoms with Gasteiger partial charge in [0, 0.05) is 28.7 Å². The molecule has 2 amide bonds. The van der Waals surface area contributed by atoms with Gasteiger partial charge in [-0.25, -0.2) is 9.67 Å². The van der Waals surface area contributed by atoms with Crippen LogP contribution in [0.25, 0.3) is 5.69 Å². The summed E-state index contributed by atoms with van der Waals surface area (Å²) in [6.07, 6.45) is 4.42. The van der Waals surface area contributed by atoms with E-state index in [4.69, 9.17) is 23.2 Å². The molecule has 0 radical (unpaired) electrons. The molecule has 0 bridgehead atoms. The molecule has 2 aromatic carbocycles. The summed E-state index contributed by atoms with van der Waals surface area (Å²) in [4.78, 5) is 31.5. The lowest BCUT2D eigenvalue weighted by atomic mass is 9.96. The highest BCUT2D eigenvalue weighted by Crippen LogP contribution is 2.26. The van der Waals surface area contributed by atoms with Crippen LogP contribution in [0.4, 0.5) is 5.69 Å². The zero-order chi connectivity index (χ0) is 21.1. The first-order chi connectivity index (χ1) is 14.5. The lowest BCUT2D eigenvalue weighted by Gasteiger charge is -2.32. The van der Waals surface area contributed by atoms with Gasteiger partial charge in [-0.05, 0) is 55.3 Å². The second kappa shape index (κ2) is 8.85. The predicted molar refractivity (Wildman–Crippen MR) is 115 cm³/mol. The van der Waals surface area contributed by atoms with Crippen LogP contribution in [-0.2, 0) is 4.79 Å². The van der Waals surface area contributed by atoms with E-state index in [1.165, 1.54) is 6.33 Å². The van der Waals surface area contributed by atoms with Gasteiger partial charge in [0.1, 0.15) is 12.7 Å². The van der Waals surface area contributed by atoms with Gasteiger partial charge in [0.15, 0.2) is 0 Å². The van der Waals surface area contributed by atoms with Crippen molar-refractivity contribution in [3.8, 4) is 5.69 Å². The van der Waals surface area contributed by atoms with E-state index in [0.29, 0.717) is 46.5 Å². The Labute approximate surface area is 183 Å². The largest absolute Gasteiger partial charge is 0.338 e. The molecule has 7 nitrogen and oxygen atoms in total. The van der Waals surface area contributed by atoms with E-state index in [2.05, 4.69) is 15.4 Å². The summed E-state index contributed by atoms with van der Waals surface area (Å²) in [6.45, 7) is 0.971. The minimum Gasteiger partial charge on any atom is -0.338 e. The monoisotopic (exact) mass is 443 g/mol. The van der Waals surface area contributed by atoms with Crippen molar-refractivity contribution in [2.45, 2.75) is 12.8 Å². The zero-order valence-electron chi connectivity index (χ0n) is 16.0. The molecule has 30 heavy (non-hydrogen) atoms. The number of hydrogen-bond acceptors (Lipinski definition) is 4. The molecule has 1 fully saturated rings. The summed E-state index contributed by atoms with van der Waals surface area (Å²) in [5, 5.41) is 8.14. The normalized spacial score (nSPS) is 16.3. The average molecular weight is 444 g/mol. The van der Waals surface area contributed by atoms with Gasteiger partial charge in [-0.15, -0.1) is 0 Å². The smallest absolute Gasteiger partial charge is 0.253 e. The van der Waals surface area contributed by atoms with Gasteiger partial charge in [0.05, 0.1) is 17.3 Å². The molecule has 1 aliphatic rings. The number of anilines is 1. The number of likely N-dealkylation sites (tertiary alicyclic amines) is 1. The summed E-state index contributed by atoms with van der Waals surface area (Å²) >= 11 is 12.0. The van der Waals surface area contributed by atoms with Gasteiger partial charge in [-0.1, -0.05) is 23.2 Å². The number of halogens is 2. The molecule has 0 unspecified atom stereocenters. The maximum Gasteiger partial charge on any atom is 0.253 e. The van der Waals surface area contributed by atoms with E-state index in [1.807, 2.05) is 0 Å². The molecule has 1 N–H and O–H groups in total. The Morgan fingerprint density at radius 1 is 1.07 bits per heavy atom. The fourth-order valence-electron chi connectivity index (χ4n) is 3.53. The van der Waals surface area contributed by atoms with E-state index in [0.717, 1.165) is 6.42 Å². The third-order valence-electron chi connectivity index (χ3n) is 5.05. The molecule has 1 aliphatic heterocycles. The first-order valence-corrected chi connectivity index (χ1v) is 10.3. The number of amides is 2. The van der Waals surface area contributed by atoms with Crippen molar-refractivity contribution in [2.75, 3.05) is 18.4 Å². The van der Waals surface area contributed by atoms with Gasteiger partial charge in [-0.2, -0.15) is 5.10 Å². The van der Waals surface area contributed by atoms with Gasteiger partial charge < -0.3 is 10.2 Å². The summed E-state index contributed by atoms with van der Waals surface area (Å²) in [6, 6.07) is 11.9. The second-order valence-corrected chi connectivity index (χ2v) is 7.96. The van der Waals surface area contributed by atoms with E-state index in [-0.39, 0.29) is 17.7 Å². The third kappa shape index (κ3) is 4.47. The number of aromatic nitrogens is 3. The Bertz CT molecular complexity index is 1050. The van der Waals surface area contributed by atoms with E-state index < -0.39 is 0 Å². The maximum absolute atomic E-state index is 13.0. The van der Waals surface area contributed by atoms with Gasteiger partial charge in [-0.3, -0.25) is 9.59 Å². The van der Waals surface area contributed by atoms with Crippen LogP contribution >= 0.6 is 23.2 Å². The number of nitrogens with one attached hydrogen (secondary N) is 1. The van der Waals surface area contributed by atoms with Crippen LogP contribution in [-0.4, -0.2) is 44.6 Å². The lowest BCUT2D eigenvalue weighted by Crippen LogP contribution is -2.43. The fraction of sp³-hybridized carbons (Fsp3) is 0.238. The number of piperidine rings is 1. The minimum atomic E-state index is -0.322. The van der Waals surface area contributed by atoms with Gasteiger partial charge in [0.25, 0.3) is 5.91 Å². The average Bonchev–Trinajstić information content (AvgIpc) is 3.28. The second-order valence-electron chi connectivity index (χ2n) is 7.09. The zero-order valence-corrected chi connectivity index (χ0v) is 17.5. The number of hydrogen-bond donors (Lipinski definition) is 1. The molecule has 3 aromatic rings. The highest BCUT2D eigenvalue weighted by Gasteiger charge is 2.29. The van der Waals surface area contributed by atoms with Crippen molar-refractivity contribution < 1.29 is 9.59 Å². The van der Waals surface area contributed by atoms with Crippen LogP contribution < -0.4 is 5.32 Å². The number of rotatable bonds is 4. The molecule has 0 spiro atoms. The number of carbonyl (C=O) groups is 2. The van der Waals surface area contributed by atoms with Crippen LogP contribution in [0.1, 0.15) is 23.2 Å². The summed E-state index contributed by atoms with van der Waals surface area (Å²) in [5.41, 5.74) is 1.76. The third-order valence-corrected chi connectivity index (χ3v) is 5.54. The molecule has 1 aromatic heterocycles. The van der Waals surface area contributed by atoms with E-state index in [1.54, 1.807) is 58.4 Å². The quantitative estimate of drug-likeness (QED) is 0.658. The topological polar surface area (TPSA) is 80.1 Å². The molecule has 154 valence electrons. The summed E-state index contributed by atoms with van der Waals surface area (Å²) < 4.78 is 1.56. The lowest BCUT2D eigenvalue weighted by molar-refractivity contribution is -0.121. The van der Waals surface area contributed by atoms with Gasteiger partial charge in [0.2, 0.25) is 5.91 Å². The molecule has 1 atom stereocenters. The maximum atomic E-state index is 13.0. The summed E-state index contributed by atoms with van der Waals surface area (Å²) in [7, 11) is 0. The molecular weight excluding hydrogens is 425 g/mol. The Hall–Kier alpha value is -2.90. The molecule has 1 saturated heterocycles. The minimum absolute atomic E-state index is 0.102. The molecule has 0 aliphatic carbocycles. The van der Waals surface area contributed by atoms with Crippen molar-refractivity contribution in [1.82, 2.24) is 19.7 Å². The Balaban J connectivity index is 1.48. The standard InChI is InChI=1S/C21H19Cl2N5O2/c22-16-5-3-14(4-6-16)21(30)27-9-1-2-15(11-27)20(29)26-18-10-17(23)7-8-19(18)28-13-24-12-25-28/h3-8,10,12-13,15H,1-2,9,11H2,(H,26,29)/t15-/m1/s1. The predicted octanol–water partition coefficient (Wildman–Crippen LogP) is 4.07. The first-order valence-electron chi connectivity index (χ1n) is 9.51. The first kappa shape index (κ1) is 20.4. The molecular formula is C21H19Cl2N5O2. The fourth-order valence-corrected chi connectivity index (χ4v) is 3.82. The van der Waals surface area contributed by atoms with Crippen LogP contribution in [0.15, 0.2) is 55.1 Å². The number of benzene rings is 2. The van der Waals surface area contributed by atoms with Crippen molar-refractivity contribution >= 4 is 40.7 Å². The Kier molecular flexibility index (Phi) is 6.01. The molecule has 9 heteroatoms. The molecule has 0 saturated carbocycles. The Morgan fingerprint density at radius 3 is 2.57 bits per heavy atom. The molecule has 2 heterocycles. The van der Waals surface area contributed by atoms with Crippen molar-refractivity contribution in [2.24, 2.45) is 5.92 Å². The Morgan fingerprint density at radius 2 is 1.83 bits per heavy atom. The number of nitrogens with zero attached hydrogens (tertiary/aromatic N) is 4. The van der Waals surface area contributed by atoms with Crippen molar-refractivity contribution in [3.05, 3.63) is 70.7 Å². The van der Waals surface area contributed by atoms with E-state index in [9.17, 15) is 9.59 Å². The van der Waals surface area contributed by atoms with E-state index >= 15 is 0 Å². The van der Waals surface area contributed by atoms with Crippen LogP contribution in [0, 0.1) is 5.92 Å². The highest BCUT2D eigenvalue weighted by atomic mass is 35.5. The van der Waals surface area contributed by atoms with Crippen LogP contribution in [0.5, 0.6) is 0 Å². The van der Waals surface area contributed by atoms with Crippen LogP contribution in [0.3, 0.4) is 0 Å². The summed E-state index contributed by atoms with van der Waals surface area (Å²) in [5.74, 6) is -0.583. The highest BCUT2D eigenvalue weighted by molar-refractivity contribution is 6.31. The van der Waals surface area contributed by atoms with Crippen molar-refractivity contribution in [3.63, 3.8) is 0 Å². The SMILES string of the molecule is O=C(Nc1cc(Cl)ccc1-n1cncn1)[C@@H]1CCCN(C(=O)c2ccc(Cl)cc2)C1. The molecule has 4 rings (SSSR count). The number of carbonyl (C=O) groups excluding carboxylic acids is 2. The van der Waals surface area contributed by atoms with Gasteiger partial charge >= 0.3 is 0 Å².